The summed E-state index contributed by atoms with van der Waals surface area (Å²) in [4.78, 5) is 0. The summed E-state index contributed by atoms with van der Waals surface area (Å²) in [6, 6.07) is 6.32. The molecule has 1 N–H and O–H groups in total. The van der Waals surface area contributed by atoms with Crippen LogP contribution in [0.15, 0.2) is 22.7 Å². The fraction of sp³-hybridized carbons (Fsp3) is 0.500. The van der Waals surface area contributed by atoms with Crippen molar-refractivity contribution in [3.05, 3.63) is 28.2 Å². The summed E-state index contributed by atoms with van der Waals surface area (Å²) in [5.41, 5.74) is 1.70. The molecule has 2 rings (SSSR count). The number of halogens is 1. The van der Waals surface area contributed by atoms with Crippen LogP contribution in [0.1, 0.15) is 18.4 Å². The molecule has 2 nitrogen and oxygen atoms in total. The molecule has 1 saturated carbocycles. The smallest absolute Gasteiger partial charge is 0.133 e. The molecule has 0 bridgehead atoms. The molecule has 1 fully saturated rings. The lowest BCUT2D eigenvalue weighted by Gasteiger charge is -2.14. The van der Waals surface area contributed by atoms with Crippen molar-refractivity contribution in [1.29, 1.82) is 0 Å². The molecule has 82 valence electrons. The molecule has 1 aromatic carbocycles. The molecule has 0 amide bonds. The minimum Gasteiger partial charge on any atom is -0.496 e. The Bertz CT molecular complexity index is 361. The monoisotopic (exact) mass is 269 g/mol. The summed E-state index contributed by atoms with van der Waals surface area (Å²) < 4.78 is 6.30. The highest BCUT2D eigenvalue weighted by Crippen LogP contribution is 2.39. The first-order valence-electron chi connectivity index (χ1n) is 5.20. The average Bonchev–Trinajstić information content (AvgIpc) is 3.02. The van der Waals surface area contributed by atoms with Gasteiger partial charge in [-0.3, -0.25) is 0 Å². The van der Waals surface area contributed by atoms with Crippen molar-refractivity contribution in [1.82, 2.24) is 5.32 Å². The highest BCUT2D eigenvalue weighted by Gasteiger charge is 2.40. The fourth-order valence-corrected chi connectivity index (χ4v) is 2.28. The predicted molar refractivity (Wildman–Crippen MR) is 65.4 cm³/mol. The zero-order valence-corrected chi connectivity index (χ0v) is 10.7. The minimum absolute atomic E-state index is 0.360. The lowest BCUT2D eigenvalue weighted by Crippen LogP contribution is -2.29. The molecular formula is C12H16BrNO. The molecule has 3 heteroatoms. The molecule has 0 saturated heterocycles. The largest absolute Gasteiger partial charge is 0.496 e. The molecule has 0 aliphatic heterocycles. The summed E-state index contributed by atoms with van der Waals surface area (Å²) in [7, 11) is 3.75. The molecule has 0 spiro atoms. The van der Waals surface area contributed by atoms with E-state index >= 15 is 0 Å². The Morgan fingerprint density at radius 3 is 2.73 bits per heavy atom. The van der Waals surface area contributed by atoms with Crippen LogP contribution in [0.3, 0.4) is 0 Å². The molecule has 0 atom stereocenters. The van der Waals surface area contributed by atoms with Crippen LogP contribution in [0.25, 0.3) is 0 Å². The average molecular weight is 270 g/mol. The maximum absolute atomic E-state index is 5.29. The van der Waals surface area contributed by atoms with Crippen LogP contribution >= 0.6 is 15.9 Å². The van der Waals surface area contributed by atoms with Gasteiger partial charge < -0.3 is 10.1 Å². The van der Waals surface area contributed by atoms with Crippen molar-refractivity contribution in [2.24, 2.45) is 0 Å². The highest BCUT2D eigenvalue weighted by atomic mass is 79.9. The Balaban J connectivity index is 2.15. The predicted octanol–water partition coefficient (Wildman–Crippen LogP) is 2.75. The normalized spacial score (nSPS) is 17.5. The van der Waals surface area contributed by atoms with Crippen LogP contribution < -0.4 is 10.1 Å². The number of hydrogen-bond donors (Lipinski definition) is 1. The first kappa shape index (κ1) is 11.0. The highest BCUT2D eigenvalue weighted by molar-refractivity contribution is 9.10. The van der Waals surface area contributed by atoms with Crippen molar-refractivity contribution in [3.63, 3.8) is 0 Å². The molecule has 1 aromatic rings. The molecule has 0 unspecified atom stereocenters. The molecule has 15 heavy (non-hydrogen) atoms. The molecule has 1 aliphatic carbocycles. The third-order valence-electron chi connectivity index (χ3n) is 3.14. The Morgan fingerprint density at radius 1 is 1.47 bits per heavy atom. The van der Waals surface area contributed by atoms with Gasteiger partial charge in [-0.25, -0.2) is 0 Å². The second-order valence-corrected chi connectivity index (χ2v) is 5.03. The van der Waals surface area contributed by atoms with Gasteiger partial charge in [-0.1, -0.05) is 6.07 Å². The van der Waals surface area contributed by atoms with Crippen LogP contribution in [0, 0.1) is 0 Å². The van der Waals surface area contributed by atoms with Gasteiger partial charge in [-0.15, -0.1) is 0 Å². The van der Waals surface area contributed by atoms with Gasteiger partial charge in [-0.05, 0) is 59.9 Å². The zero-order chi connectivity index (χ0) is 10.9. The van der Waals surface area contributed by atoms with Crippen LogP contribution in [-0.2, 0) is 6.42 Å². The second-order valence-electron chi connectivity index (χ2n) is 4.18. The van der Waals surface area contributed by atoms with E-state index in [1.165, 1.54) is 18.4 Å². The van der Waals surface area contributed by atoms with Gasteiger partial charge in [0.2, 0.25) is 0 Å². The summed E-state index contributed by atoms with van der Waals surface area (Å²) in [5, 5.41) is 3.40. The van der Waals surface area contributed by atoms with Gasteiger partial charge in [0.05, 0.1) is 11.6 Å². The van der Waals surface area contributed by atoms with Gasteiger partial charge in [0, 0.05) is 5.54 Å². The second kappa shape index (κ2) is 4.14. The van der Waals surface area contributed by atoms with Gasteiger partial charge in [0.15, 0.2) is 0 Å². The van der Waals surface area contributed by atoms with Crippen LogP contribution in [-0.4, -0.2) is 19.7 Å². The lowest BCUT2D eigenvalue weighted by molar-refractivity contribution is 0.411. The molecular weight excluding hydrogens is 254 g/mol. The Kier molecular flexibility index (Phi) is 3.03. The van der Waals surface area contributed by atoms with Crippen molar-refractivity contribution < 1.29 is 4.74 Å². The molecule has 0 heterocycles. The first-order valence-corrected chi connectivity index (χ1v) is 6.00. The van der Waals surface area contributed by atoms with Crippen molar-refractivity contribution >= 4 is 15.9 Å². The Labute approximate surface area is 99.1 Å². The molecule has 0 radical (unpaired) electrons. The Morgan fingerprint density at radius 2 is 2.20 bits per heavy atom. The van der Waals surface area contributed by atoms with Crippen LogP contribution in [0.2, 0.25) is 0 Å². The SMILES string of the molecule is CNC1(Cc2ccc(Br)c(OC)c2)CC1. The number of hydrogen-bond acceptors (Lipinski definition) is 2. The van der Waals surface area contributed by atoms with Gasteiger partial charge >= 0.3 is 0 Å². The summed E-state index contributed by atoms with van der Waals surface area (Å²) in [5.74, 6) is 0.916. The van der Waals surface area contributed by atoms with E-state index in [0.29, 0.717) is 5.54 Å². The van der Waals surface area contributed by atoms with Crippen LogP contribution in [0.5, 0.6) is 5.75 Å². The molecule has 1 aliphatic rings. The van der Waals surface area contributed by atoms with Gasteiger partial charge in [0.25, 0.3) is 0 Å². The summed E-state index contributed by atoms with van der Waals surface area (Å²) in [6.45, 7) is 0. The zero-order valence-electron chi connectivity index (χ0n) is 9.14. The number of likely N-dealkylation sites (N-methyl/N-ethyl adjacent to an activating group) is 1. The van der Waals surface area contributed by atoms with Gasteiger partial charge in [0.1, 0.15) is 5.75 Å². The summed E-state index contributed by atoms with van der Waals surface area (Å²) in [6.07, 6.45) is 3.65. The van der Waals surface area contributed by atoms with E-state index < -0.39 is 0 Å². The fourth-order valence-electron chi connectivity index (χ4n) is 1.87. The minimum atomic E-state index is 0.360. The molecule has 0 aromatic heterocycles. The van der Waals surface area contributed by atoms with E-state index in [1.54, 1.807) is 7.11 Å². The lowest BCUT2D eigenvalue weighted by atomic mass is 10.0. The maximum atomic E-state index is 5.29. The summed E-state index contributed by atoms with van der Waals surface area (Å²) >= 11 is 3.46. The van der Waals surface area contributed by atoms with E-state index in [9.17, 15) is 0 Å². The number of methoxy groups -OCH3 is 1. The number of rotatable bonds is 4. The third kappa shape index (κ3) is 2.34. The Hall–Kier alpha value is -0.540. The number of ether oxygens (including phenoxy) is 1. The van der Waals surface area contributed by atoms with E-state index in [0.717, 1.165) is 16.6 Å². The van der Waals surface area contributed by atoms with Crippen molar-refractivity contribution in [3.8, 4) is 5.75 Å². The van der Waals surface area contributed by atoms with E-state index in [2.05, 4.69) is 39.4 Å². The topological polar surface area (TPSA) is 21.3 Å². The van der Waals surface area contributed by atoms with Crippen molar-refractivity contribution in [2.75, 3.05) is 14.2 Å². The van der Waals surface area contributed by atoms with E-state index in [-0.39, 0.29) is 0 Å². The number of nitrogens with one attached hydrogen (secondary N) is 1. The van der Waals surface area contributed by atoms with E-state index in [4.69, 9.17) is 4.74 Å². The quantitative estimate of drug-likeness (QED) is 0.908. The van der Waals surface area contributed by atoms with Crippen molar-refractivity contribution in [2.45, 2.75) is 24.8 Å². The van der Waals surface area contributed by atoms with E-state index in [1.807, 2.05) is 7.05 Å². The standard InChI is InChI=1S/C12H16BrNO/c1-14-12(5-6-12)8-9-3-4-10(13)11(7-9)15-2/h3-4,7,14H,5-6,8H2,1-2H3. The van der Waals surface area contributed by atoms with Gasteiger partial charge in [-0.2, -0.15) is 0 Å². The van der Waals surface area contributed by atoms with Crippen LogP contribution in [0.4, 0.5) is 0 Å². The first-order chi connectivity index (χ1) is 7.19. The third-order valence-corrected chi connectivity index (χ3v) is 3.80. The maximum Gasteiger partial charge on any atom is 0.133 e. The number of benzene rings is 1.